The summed E-state index contributed by atoms with van der Waals surface area (Å²) in [6.07, 6.45) is 1.37. The molecule has 1 atom stereocenters. The number of carbonyl (C=O) groups excluding carboxylic acids is 1. The smallest absolute Gasteiger partial charge is 0.265 e. The van der Waals surface area contributed by atoms with Crippen LogP contribution in [0.3, 0.4) is 0 Å². The van der Waals surface area contributed by atoms with Gasteiger partial charge < -0.3 is 10.1 Å². The Bertz CT molecular complexity index is 1250. The van der Waals surface area contributed by atoms with E-state index in [2.05, 4.69) is 10.4 Å². The molecule has 33 heavy (non-hydrogen) atoms. The third-order valence-electron chi connectivity index (χ3n) is 5.41. The summed E-state index contributed by atoms with van der Waals surface area (Å²) < 4.78 is 34.6. The second-order valence-corrected chi connectivity index (χ2v) is 9.93. The van der Waals surface area contributed by atoms with E-state index in [1.54, 1.807) is 31.3 Å². The van der Waals surface area contributed by atoms with Gasteiger partial charge in [0.05, 0.1) is 23.7 Å². The van der Waals surface area contributed by atoms with Crippen molar-refractivity contribution in [1.29, 1.82) is 0 Å². The Morgan fingerprint density at radius 1 is 1.15 bits per heavy atom. The summed E-state index contributed by atoms with van der Waals surface area (Å²) in [4.78, 5) is 13.3. The number of aryl methyl sites for hydroxylation is 3. The normalized spacial score (nSPS) is 12.3. The van der Waals surface area contributed by atoms with Crippen LogP contribution < -0.4 is 14.4 Å². The first kappa shape index (κ1) is 24.3. The fourth-order valence-corrected chi connectivity index (χ4v) is 4.83. The lowest BCUT2D eigenvalue weighted by atomic mass is 10.0. The molecule has 0 aliphatic carbocycles. The van der Waals surface area contributed by atoms with E-state index < -0.39 is 15.9 Å². The maximum absolute atomic E-state index is 13.2. The molecule has 1 amide bonds. The number of hydrogen-bond donors (Lipinski definition) is 1. The highest BCUT2D eigenvalue weighted by Gasteiger charge is 2.29. The lowest BCUT2D eigenvalue weighted by Gasteiger charge is -2.22. The number of anilines is 1. The summed E-state index contributed by atoms with van der Waals surface area (Å²) in [5.41, 5.74) is 3.00. The molecule has 3 aromatic rings. The number of hydrogen-bond acceptors (Lipinski definition) is 5. The van der Waals surface area contributed by atoms with Crippen molar-refractivity contribution in [3.8, 4) is 5.75 Å². The third-order valence-corrected chi connectivity index (χ3v) is 7.17. The fourth-order valence-electron chi connectivity index (χ4n) is 3.59. The Hall–Kier alpha value is -3.33. The second-order valence-electron chi connectivity index (χ2n) is 7.96. The molecule has 0 radical (unpaired) electrons. The maximum atomic E-state index is 13.2. The van der Waals surface area contributed by atoms with Crippen LogP contribution in [0, 0.1) is 13.8 Å². The van der Waals surface area contributed by atoms with E-state index >= 15 is 0 Å². The number of amides is 1. The van der Waals surface area contributed by atoms with E-state index in [9.17, 15) is 13.2 Å². The zero-order valence-corrected chi connectivity index (χ0v) is 20.6. The highest BCUT2D eigenvalue weighted by Crippen LogP contribution is 2.29. The monoisotopic (exact) mass is 470 g/mol. The van der Waals surface area contributed by atoms with Crippen LogP contribution >= 0.6 is 0 Å². The number of nitrogens with zero attached hydrogens (tertiary/aromatic N) is 3. The van der Waals surface area contributed by atoms with E-state index in [4.69, 9.17) is 4.74 Å². The van der Waals surface area contributed by atoms with E-state index in [1.165, 1.54) is 17.9 Å². The van der Waals surface area contributed by atoms with Gasteiger partial charge in [-0.3, -0.25) is 13.8 Å². The van der Waals surface area contributed by atoms with Gasteiger partial charge in [0.15, 0.2) is 5.82 Å². The molecule has 1 aromatic heterocycles. The average Bonchev–Trinajstić information content (AvgIpc) is 3.16. The molecular formula is C24H30N4O4S. The predicted molar refractivity (Wildman–Crippen MR) is 128 cm³/mol. The molecule has 0 aliphatic rings. The molecule has 176 valence electrons. The van der Waals surface area contributed by atoms with Gasteiger partial charge in [0.2, 0.25) is 0 Å². The SMILES string of the molecule is CCOc1ccc(C)cc1C(C)NC(=O)c1cnn(C)c1N(C)S(=O)(=O)c1ccc(C)cc1. The molecule has 2 aromatic carbocycles. The molecule has 1 heterocycles. The molecule has 1 unspecified atom stereocenters. The lowest BCUT2D eigenvalue weighted by molar-refractivity contribution is 0.0940. The zero-order valence-electron chi connectivity index (χ0n) is 19.8. The Morgan fingerprint density at radius 2 is 1.79 bits per heavy atom. The number of ether oxygens (including phenoxy) is 1. The second kappa shape index (κ2) is 9.66. The number of rotatable bonds is 8. The van der Waals surface area contributed by atoms with Gasteiger partial charge in [-0.2, -0.15) is 5.10 Å². The van der Waals surface area contributed by atoms with Crippen LogP contribution in [0.4, 0.5) is 5.82 Å². The molecule has 9 heteroatoms. The van der Waals surface area contributed by atoms with Crippen molar-refractivity contribution < 1.29 is 17.9 Å². The first-order chi connectivity index (χ1) is 15.6. The van der Waals surface area contributed by atoms with E-state index in [1.807, 2.05) is 45.9 Å². The van der Waals surface area contributed by atoms with Crippen molar-refractivity contribution in [3.63, 3.8) is 0 Å². The topological polar surface area (TPSA) is 93.5 Å². The van der Waals surface area contributed by atoms with Crippen LogP contribution in [0.2, 0.25) is 0 Å². The zero-order chi connectivity index (χ0) is 24.3. The summed E-state index contributed by atoms with van der Waals surface area (Å²) in [5.74, 6) is 0.441. The van der Waals surface area contributed by atoms with Crippen LogP contribution in [-0.2, 0) is 17.1 Å². The summed E-state index contributed by atoms with van der Waals surface area (Å²) >= 11 is 0. The molecule has 0 saturated heterocycles. The number of nitrogens with one attached hydrogen (secondary N) is 1. The van der Waals surface area contributed by atoms with Crippen LogP contribution in [0.5, 0.6) is 5.75 Å². The summed E-state index contributed by atoms with van der Waals surface area (Å²) in [6, 6.07) is 12.0. The van der Waals surface area contributed by atoms with Crippen molar-refractivity contribution in [2.24, 2.45) is 7.05 Å². The first-order valence-corrected chi connectivity index (χ1v) is 12.1. The first-order valence-electron chi connectivity index (χ1n) is 10.7. The minimum Gasteiger partial charge on any atom is -0.494 e. The molecule has 0 bridgehead atoms. The van der Waals surface area contributed by atoms with Gasteiger partial charge in [0, 0.05) is 19.7 Å². The Morgan fingerprint density at radius 3 is 2.42 bits per heavy atom. The van der Waals surface area contributed by atoms with Gasteiger partial charge in [-0.1, -0.05) is 35.4 Å². The molecule has 0 spiro atoms. The Kier molecular flexibility index (Phi) is 7.12. The number of carbonyl (C=O) groups is 1. The molecule has 3 rings (SSSR count). The van der Waals surface area contributed by atoms with Gasteiger partial charge >= 0.3 is 0 Å². The Balaban J connectivity index is 1.91. The third kappa shape index (κ3) is 5.03. The van der Waals surface area contributed by atoms with Gasteiger partial charge in [-0.25, -0.2) is 8.42 Å². The highest BCUT2D eigenvalue weighted by molar-refractivity contribution is 7.92. The minimum atomic E-state index is -3.89. The van der Waals surface area contributed by atoms with Gasteiger partial charge in [-0.15, -0.1) is 0 Å². The van der Waals surface area contributed by atoms with Crippen molar-refractivity contribution >= 4 is 21.7 Å². The quantitative estimate of drug-likeness (QED) is 0.541. The molecular weight excluding hydrogens is 440 g/mol. The van der Waals surface area contributed by atoms with Gasteiger partial charge in [-0.05, 0) is 45.9 Å². The molecule has 0 saturated carbocycles. The summed E-state index contributed by atoms with van der Waals surface area (Å²) in [7, 11) is -0.867. The average molecular weight is 471 g/mol. The molecule has 0 aliphatic heterocycles. The van der Waals surface area contributed by atoms with E-state index in [-0.39, 0.29) is 22.3 Å². The maximum Gasteiger partial charge on any atom is 0.265 e. The number of benzene rings is 2. The molecule has 0 fully saturated rings. The largest absolute Gasteiger partial charge is 0.494 e. The highest BCUT2D eigenvalue weighted by atomic mass is 32.2. The summed E-state index contributed by atoms with van der Waals surface area (Å²) in [5, 5.41) is 7.10. The van der Waals surface area contributed by atoms with Crippen LogP contribution in [0.25, 0.3) is 0 Å². The lowest BCUT2D eigenvalue weighted by Crippen LogP contribution is -2.32. The molecule has 8 nitrogen and oxygen atoms in total. The van der Waals surface area contributed by atoms with Crippen molar-refractivity contribution in [1.82, 2.24) is 15.1 Å². The minimum absolute atomic E-state index is 0.137. The van der Waals surface area contributed by atoms with Crippen LogP contribution in [0.1, 0.15) is 46.9 Å². The van der Waals surface area contributed by atoms with Crippen molar-refractivity contribution in [3.05, 3.63) is 70.9 Å². The van der Waals surface area contributed by atoms with Crippen molar-refractivity contribution in [2.75, 3.05) is 18.0 Å². The van der Waals surface area contributed by atoms with Gasteiger partial charge in [0.25, 0.3) is 15.9 Å². The fraction of sp³-hybridized carbons (Fsp3) is 0.333. The summed E-state index contributed by atoms with van der Waals surface area (Å²) in [6.45, 7) is 8.12. The van der Waals surface area contributed by atoms with E-state index in [0.29, 0.717) is 12.4 Å². The van der Waals surface area contributed by atoms with Gasteiger partial charge in [0.1, 0.15) is 11.3 Å². The van der Waals surface area contributed by atoms with Crippen LogP contribution in [0.15, 0.2) is 53.6 Å². The van der Waals surface area contributed by atoms with Crippen molar-refractivity contribution in [2.45, 2.75) is 38.6 Å². The van der Waals surface area contributed by atoms with Crippen LogP contribution in [-0.4, -0.2) is 37.8 Å². The Labute approximate surface area is 195 Å². The number of sulfonamides is 1. The molecule has 1 N–H and O–H groups in total. The van der Waals surface area contributed by atoms with E-state index in [0.717, 1.165) is 21.0 Å². The predicted octanol–water partition coefficient (Wildman–Crippen LogP) is 3.75. The standard InChI is InChI=1S/C24H30N4O4S/c1-7-32-22-13-10-17(3)14-20(22)18(4)26-23(29)21-15-25-27(5)24(21)28(6)33(30,31)19-11-8-16(2)9-12-19/h8-15,18H,7H2,1-6H3,(H,26,29). The number of aromatic nitrogens is 2.